The third kappa shape index (κ3) is 4.42. The van der Waals surface area contributed by atoms with Gasteiger partial charge in [0.2, 0.25) is 0 Å². The second kappa shape index (κ2) is 9.20. The molecule has 0 aromatic heterocycles. The molecule has 0 saturated carbocycles. The lowest BCUT2D eigenvalue weighted by atomic mass is 10.1. The second-order valence-corrected chi connectivity index (χ2v) is 7.36. The molecule has 4 rings (SSSR count). The van der Waals surface area contributed by atoms with Crippen molar-refractivity contribution in [1.29, 1.82) is 0 Å². The number of rotatable bonds is 7. The van der Waals surface area contributed by atoms with Crippen molar-refractivity contribution in [3.05, 3.63) is 83.9 Å². The van der Waals surface area contributed by atoms with Gasteiger partial charge in [-0.1, -0.05) is 36.4 Å². The molecule has 1 heterocycles. The maximum absolute atomic E-state index is 6.26. The average molecular weight is 405 g/mol. The van der Waals surface area contributed by atoms with E-state index in [4.69, 9.17) is 18.9 Å². The first kappa shape index (κ1) is 20.3. The number of hydrogen-bond donors (Lipinski definition) is 0. The van der Waals surface area contributed by atoms with E-state index < -0.39 is 0 Å². The first-order valence-electron chi connectivity index (χ1n) is 10.1. The van der Waals surface area contributed by atoms with Gasteiger partial charge in [-0.25, -0.2) is 0 Å². The highest BCUT2D eigenvalue weighted by Crippen LogP contribution is 2.41. The Morgan fingerprint density at radius 3 is 2.10 bits per heavy atom. The van der Waals surface area contributed by atoms with E-state index in [-0.39, 0.29) is 12.3 Å². The van der Waals surface area contributed by atoms with Gasteiger partial charge in [-0.3, -0.25) is 4.90 Å². The lowest BCUT2D eigenvalue weighted by molar-refractivity contribution is -0.00143. The zero-order valence-electron chi connectivity index (χ0n) is 17.6. The van der Waals surface area contributed by atoms with Crippen LogP contribution in [0.15, 0.2) is 72.8 Å². The predicted molar refractivity (Wildman–Crippen MR) is 116 cm³/mol. The third-order valence-corrected chi connectivity index (χ3v) is 5.19. The molecular formula is C25H27NO4. The summed E-state index contributed by atoms with van der Waals surface area (Å²) in [6.07, 6.45) is -0.114. The molecule has 5 nitrogen and oxygen atoms in total. The van der Waals surface area contributed by atoms with Gasteiger partial charge < -0.3 is 18.9 Å². The van der Waals surface area contributed by atoms with Crippen molar-refractivity contribution < 1.29 is 18.9 Å². The van der Waals surface area contributed by atoms with Crippen LogP contribution in [0.1, 0.15) is 24.3 Å². The van der Waals surface area contributed by atoms with Gasteiger partial charge in [0.05, 0.1) is 25.9 Å². The Morgan fingerprint density at radius 1 is 0.833 bits per heavy atom. The summed E-state index contributed by atoms with van der Waals surface area (Å²) in [6.45, 7) is 3.67. The molecule has 3 aromatic rings. The van der Waals surface area contributed by atoms with Crippen LogP contribution >= 0.6 is 0 Å². The minimum Gasteiger partial charge on any atom is -0.496 e. The number of para-hydroxylation sites is 1. The van der Waals surface area contributed by atoms with Crippen molar-refractivity contribution in [2.24, 2.45) is 0 Å². The number of hydrogen-bond acceptors (Lipinski definition) is 5. The van der Waals surface area contributed by atoms with Gasteiger partial charge >= 0.3 is 0 Å². The Kier molecular flexibility index (Phi) is 6.21. The van der Waals surface area contributed by atoms with Crippen LogP contribution in [0, 0.1) is 0 Å². The van der Waals surface area contributed by atoms with Crippen LogP contribution in [0.3, 0.4) is 0 Å². The Labute approximate surface area is 177 Å². The zero-order chi connectivity index (χ0) is 20.9. The fraction of sp³-hybridized carbons (Fsp3) is 0.280. The quantitative estimate of drug-likeness (QED) is 0.525. The lowest BCUT2D eigenvalue weighted by Crippen LogP contribution is -2.24. The second-order valence-electron chi connectivity index (χ2n) is 7.36. The summed E-state index contributed by atoms with van der Waals surface area (Å²) in [4.78, 5) is 2.30. The summed E-state index contributed by atoms with van der Waals surface area (Å²) in [5.41, 5.74) is 2.11. The van der Waals surface area contributed by atoms with Crippen LogP contribution < -0.4 is 14.2 Å². The first-order valence-corrected chi connectivity index (χ1v) is 10.1. The van der Waals surface area contributed by atoms with Gasteiger partial charge in [-0.05, 0) is 48.9 Å². The minimum atomic E-state index is -0.230. The summed E-state index contributed by atoms with van der Waals surface area (Å²) in [7, 11) is 3.35. The van der Waals surface area contributed by atoms with Crippen LogP contribution in [0.25, 0.3) is 0 Å². The molecule has 0 bridgehead atoms. The van der Waals surface area contributed by atoms with Crippen LogP contribution in [0.5, 0.6) is 23.0 Å². The lowest BCUT2D eigenvalue weighted by Gasteiger charge is -2.26. The Bertz CT molecular complexity index is 936. The summed E-state index contributed by atoms with van der Waals surface area (Å²) in [6, 6.07) is 23.8. The van der Waals surface area contributed by atoms with Gasteiger partial charge in [0.25, 0.3) is 0 Å². The van der Waals surface area contributed by atoms with Crippen molar-refractivity contribution in [3.8, 4) is 23.0 Å². The zero-order valence-corrected chi connectivity index (χ0v) is 17.6. The topological polar surface area (TPSA) is 40.2 Å². The molecule has 1 fully saturated rings. The van der Waals surface area contributed by atoms with Crippen molar-refractivity contribution in [3.63, 3.8) is 0 Å². The molecule has 30 heavy (non-hydrogen) atoms. The molecule has 156 valence electrons. The number of benzene rings is 3. The normalized spacial score (nSPS) is 18.9. The maximum atomic E-state index is 6.26. The first-order chi connectivity index (χ1) is 14.7. The van der Waals surface area contributed by atoms with Crippen LogP contribution in [0.4, 0.5) is 0 Å². The number of methoxy groups -OCH3 is 2. The SMILES string of the molecule is COc1cccc(OC)c1[C@H]1OC(C)CN1Cc1ccc(Oc2ccccc2)cc1. The van der Waals surface area contributed by atoms with Crippen LogP contribution in [0.2, 0.25) is 0 Å². The molecule has 0 aliphatic carbocycles. The van der Waals surface area contributed by atoms with Gasteiger partial charge in [0.1, 0.15) is 29.2 Å². The fourth-order valence-electron chi connectivity index (χ4n) is 3.82. The summed E-state index contributed by atoms with van der Waals surface area (Å²) in [5, 5.41) is 0. The average Bonchev–Trinajstić information content (AvgIpc) is 3.14. The van der Waals surface area contributed by atoms with E-state index in [1.54, 1.807) is 14.2 Å². The van der Waals surface area contributed by atoms with Crippen LogP contribution in [-0.4, -0.2) is 31.8 Å². The number of nitrogens with zero attached hydrogens (tertiary/aromatic N) is 1. The predicted octanol–water partition coefficient (Wildman–Crippen LogP) is 5.42. The highest BCUT2D eigenvalue weighted by molar-refractivity contribution is 5.46. The van der Waals surface area contributed by atoms with Gasteiger partial charge in [-0.2, -0.15) is 0 Å². The molecule has 1 aliphatic rings. The van der Waals surface area contributed by atoms with E-state index in [0.29, 0.717) is 0 Å². The largest absolute Gasteiger partial charge is 0.496 e. The molecular weight excluding hydrogens is 378 g/mol. The fourth-order valence-corrected chi connectivity index (χ4v) is 3.82. The van der Waals surface area contributed by atoms with E-state index in [0.717, 1.165) is 41.7 Å². The minimum absolute atomic E-state index is 0.116. The molecule has 1 aliphatic heterocycles. The Balaban J connectivity index is 1.52. The van der Waals surface area contributed by atoms with Crippen LogP contribution in [-0.2, 0) is 11.3 Å². The molecule has 5 heteroatoms. The molecule has 0 radical (unpaired) electrons. The third-order valence-electron chi connectivity index (χ3n) is 5.19. The van der Waals surface area contributed by atoms with E-state index in [9.17, 15) is 0 Å². The van der Waals surface area contributed by atoms with Gasteiger partial charge in [0.15, 0.2) is 0 Å². The number of ether oxygens (including phenoxy) is 4. The molecule has 0 amide bonds. The van der Waals surface area contributed by atoms with E-state index in [1.165, 1.54) is 5.56 Å². The monoisotopic (exact) mass is 405 g/mol. The Morgan fingerprint density at radius 2 is 1.47 bits per heavy atom. The molecule has 0 spiro atoms. The van der Waals surface area contributed by atoms with Crippen molar-refractivity contribution >= 4 is 0 Å². The van der Waals surface area contributed by atoms with E-state index >= 15 is 0 Å². The summed E-state index contributed by atoms with van der Waals surface area (Å²) in [5.74, 6) is 3.18. The summed E-state index contributed by atoms with van der Waals surface area (Å²) < 4.78 is 23.4. The molecule has 3 aromatic carbocycles. The smallest absolute Gasteiger partial charge is 0.144 e. The molecule has 1 saturated heterocycles. The summed E-state index contributed by atoms with van der Waals surface area (Å²) >= 11 is 0. The van der Waals surface area contributed by atoms with Gasteiger partial charge in [0, 0.05) is 13.1 Å². The standard InChI is InChI=1S/C25H27NO4/c1-18-16-26(25(29-18)24-22(27-2)10-7-11-23(24)28-3)17-19-12-14-21(15-13-19)30-20-8-5-4-6-9-20/h4-15,18,25H,16-17H2,1-3H3/t18?,25-/m1/s1. The van der Waals surface area contributed by atoms with Gasteiger partial charge in [-0.15, -0.1) is 0 Å². The van der Waals surface area contributed by atoms with Crippen molar-refractivity contribution in [1.82, 2.24) is 4.90 Å². The molecule has 2 atom stereocenters. The maximum Gasteiger partial charge on any atom is 0.144 e. The van der Waals surface area contributed by atoms with E-state index in [1.807, 2.05) is 60.7 Å². The Hall–Kier alpha value is -3.02. The van der Waals surface area contributed by atoms with E-state index in [2.05, 4.69) is 24.0 Å². The molecule has 1 unspecified atom stereocenters. The molecule has 0 N–H and O–H groups in total. The van der Waals surface area contributed by atoms with Crippen molar-refractivity contribution in [2.45, 2.75) is 25.8 Å². The highest BCUT2D eigenvalue weighted by atomic mass is 16.5. The van der Waals surface area contributed by atoms with Crippen molar-refractivity contribution in [2.75, 3.05) is 20.8 Å². The highest BCUT2D eigenvalue weighted by Gasteiger charge is 2.35.